The van der Waals surface area contributed by atoms with Gasteiger partial charge < -0.3 is 19.4 Å². The van der Waals surface area contributed by atoms with Crippen LogP contribution in [-0.4, -0.2) is 28.4 Å². The molecule has 7 nitrogen and oxygen atoms in total. The van der Waals surface area contributed by atoms with Crippen LogP contribution < -0.4 is 9.84 Å². The molecule has 0 aliphatic heterocycles. The molecule has 0 bridgehead atoms. The Balaban J connectivity index is 1.86. The van der Waals surface area contributed by atoms with Crippen LogP contribution in [0.2, 0.25) is 5.02 Å². The lowest BCUT2D eigenvalue weighted by Crippen LogP contribution is -1.98. The summed E-state index contributed by atoms with van der Waals surface area (Å²) in [5.74, 6) is -1.18. The number of benzene rings is 2. The smallest absolute Gasteiger partial charge is 0.342 e. The quantitative estimate of drug-likeness (QED) is 0.490. The van der Waals surface area contributed by atoms with E-state index >= 15 is 0 Å². The maximum Gasteiger partial charge on any atom is 0.342 e. The highest BCUT2D eigenvalue weighted by Crippen LogP contribution is 2.33. The van der Waals surface area contributed by atoms with Crippen molar-refractivity contribution in [3.8, 4) is 23.0 Å². The van der Waals surface area contributed by atoms with E-state index in [-0.39, 0.29) is 27.5 Å². The van der Waals surface area contributed by atoms with Crippen LogP contribution in [0.4, 0.5) is 0 Å². The molecule has 0 atom stereocenters. The number of rotatable bonds is 6. The van der Waals surface area contributed by atoms with Gasteiger partial charge in [0.15, 0.2) is 0 Å². The molecule has 0 fully saturated rings. The molecule has 0 saturated carbocycles. The van der Waals surface area contributed by atoms with Crippen molar-refractivity contribution in [2.45, 2.75) is 5.22 Å². The Morgan fingerprint density at radius 3 is 2.74 bits per heavy atom. The molecule has 138 valence electrons. The minimum Gasteiger partial charge on any atom is -0.870 e. The van der Waals surface area contributed by atoms with Crippen LogP contribution in [-0.2, 0) is 4.79 Å². The van der Waals surface area contributed by atoms with E-state index in [2.05, 4.69) is 10.2 Å². The summed E-state index contributed by atoms with van der Waals surface area (Å²) >= 11 is 6.86. The van der Waals surface area contributed by atoms with Crippen LogP contribution >= 0.6 is 23.4 Å². The predicted octanol–water partition coefficient (Wildman–Crippen LogP) is 3.69. The number of hydrogen-bond donors (Lipinski definition) is 1. The number of halogens is 1. The Morgan fingerprint density at radius 2 is 2.07 bits per heavy atom. The molecule has 1 aromatic heterocycles. The third-order valence-corrected chi connectivity index (χ3v) is 4.59. The summed E-state index contributed by atoms with van der Waals surface area (Å²) in [7, 11) is 1.39. The summed E-state index contributed by atoms with van der Waals surface area (Å²) in [5, 5.41) is 29.5. The zero-order valence-electron chi connectivity index (χ0n) is 13.9. The third kappa shape index (κ3) is 4.42. The summed E-state index contributed by atoms with van der Waals surface area (Å²) in [4.78, 5) is 11.5. The largest absolute Gasteiger partial charge is 0.870 e. The zero-order valence-corrected chi connectivity index (χ0v) is 15.5. The van der Waals surface area contributed by atoms with Gasteiger partial charge in [0.25, 0.3) is 5.22 Å². The van der Waals surface area contributed by atoms with E-state index in [1.165, 1.54) is 25.3 Å². The van der Waals surface area contributed by atoms with Crippen molar-refractivity contribution in [3.63, 3.8) is 0 Å². The fraction of sp³-hybridized carbons (Fsp3) is 0.0556. The van der Waals surface area contributed by atoms with Crippen LogP contribution in [0.1, 0.15) is 5.56 Å². The number of carboxylic acid groups (broad SMARTS) is 1. The van der Waals surface area contributed by atoms with Gasteiger partial charge in [-0.1, -0.05) is 41.6 Å². The van der Waals surface area contributed by atoms with Gasteiger partial charge in [-0.25, -0.2) is 4.79 Å². The lowest BCUT2D eigenvalue weighted by Gasteiger charge is -2.12. The van der Waals surface area contributed by atoms with Crippen LogP contribution in [0.3, 0.4) is 0 Å². The lowest BCUT2D eigenvalue weighted by molar-refractivity contribution is -0.270. The number of carboxylic acids is 1. The van der Waals surface area contributed by atoms with Crippen molar-refractivity contribution < 1.29 is 24.2 Å². The molecule has 0 unspecified atom stereocenters. The van der Waals surface area contributed by atoms with E-state index in [1.54, 1.807) is 30.3 Å². The van der Waals surface area contributed by atoms with Gasteiger partial charge in [0.05, 0.1) is 17.7 Å². The maximum atomic E-state index is 11.8. The molecule has 2 aromatic carbocycles. The van der Waals surface area contributed by atoms with Crippen LogP contribution in [0.25, 0.3) is 17.5 Å². The van der Waals surface area contributed by atoms with E-state index in [9.17, 15) is 15.0 Å². The molecule has 27 heavy (non-hydrogen) atoms. The number of methoxy groups -OCH3 is 1. The Kier molecular flexibility index (Phi) is 5.68. The standard InChI is InChI=1S/C18H13ClN2O5S/c1-25-14-7-6-10(8-13(14)22)9-15(17(23)24)27-18-21-20-16(26-18)11-4-2-3-5-12(11)19/h2-9,22H,1H3,(H,23,24)/p-1/b15-9+. The number of ether oxygens (including phenoxy) is 1. The third-order valence-electron chi connectivity index (χ3n) is 3.40. The number of carbonyl (C=O) groups is 1. The predicted molar refractivity (Wildman–Crippen MR) is 98.7 cm³/mol. The lowest BCUT2D eigenvalue weighted by atomic mass is 10.2. The van der Waals surface area contributed by atoms with E-state index < -0.39 is 5.97 Å². The van der Waals surface area contributed by atoms with Gasteiger partial charge in [0, 0.05) is 0 Å². The minimum absolute atomic E-state index is 0.0365. The highest BCUT2D eigenvalue weighted by molar-refractivity contribution is 8.03. The molecule has 0 amide bonds. The van der Waals surface area contributed by atoms with Gasteiger partial charge >= 0.3 is 5.97 Å². The SMILES string of the molecule is COc1ccc(/C=C(/Sc2nnc(-c3ccccc3Cl)o2)C(=O)O)cc1[O-]. The van der Waals surface area contributed by atoms with Gasteiger partial charge in [0.1, 0.15) is 10.7 Å². The zero-order chi connectivity index (χ0) is 19.4. The number of thioether (sulfide) groups is 1. The summed E-state index contributed by atoms with van der Waals surface area (Å²) in [5.41, 5.74) is 0.960. The van der Waals surface area contributed by atoms with E-state index in [1.807, 2.05) is 0 Å². The van der Waals surface area contributed by atoms with Gasteiger partial charge in [0.2, 0.25) is 5.89 Å². The Bertz CT molecular complexity index is 1020. The van der Waals surface area contributed by atoms with Crippen molar-refractivity contribution in [2.24, 2.45) is 0 Å². The molecule has 0 aliphatic carbocycles. The van der Waals surface area contributed by atoms with Gasteiger partial charge in [-0.2, -0.15) is 0 Å². The first-order valence-corrected chi connectivity index (χ1v) is 8.73. The number of aliphatic carboxylic acids is 1. The molecule has 0 radical (unpaired) electrons. The second-order valence-corrected chi connectivity index (χ2v) is 6.58. The van der Waals surface area contributed by atoms with Crippen LogP contribution in [0.15, 0.2) is 57.0 Å². The number of hydrogen-bond acceptors (Lipinski definition) is 7. The average molecular weight is 404 g/mol. The molecular weight excluding hydrogens is 392 g/mol. The van der Waals surface area contributed by atoms with Crippen LogP contribution in [0.5, 0.6) is 11.5 Å². The molecule has 1 N–H and O–H groups in total. The van der Waals surface area contributed by atoms with E-state index in [0.717, 1.165) is 11.8 Å². The normalized spacial score (nSPS) is 11.4. The first kappa shape index (κ1) is 18.8. The Hall–Kier alpha value is -2.97. The molecule has 1 heterocycles. The topological polar surface area (TPSA) is 109 Å². The second kappa shape index (κ2) is 8.15. The summed E-state index contributed by atoms with van der Waals surface area (Å²) < 4.78 is 10.4. The molecule has 0 spiro atoms. The van der Waals surface area contributed by atoms with Crippen LogP contribution in [0, 0.1) is 0 Å². The summed E-state index contributed by atoms with van der Waals surface area (Å²) in [6, 6.07) is 11.3. The maximum absolute atomic E-state index is 11.8. The fourth-order valence-corrected chi connectivity index (χ4v) is 3.05. The van der Waals surface area contributed by atoms with Crippen molar-refractivity contribution in [2.75, 3.05) is 7.11 Å². The average Bonchev–Trinajstić information content (AvgIpc) is 3.10. The Morgan fingerprint density at radius 1 is 1.30 bits per heavy atom. The summed E-state index contributed by atoms with van der Waals surface area (Å²) in [6.07, 6.45) is 1.34. The first-order chi connectivity index (χ1) is 13.0. The monoisotopic (exact) mass is 403 g/mol. The molecule has 9 heteroatoms. The van der Waals surface area contributed by atoms with Crippen molar-refractivity contribution in [1.82, 2.24) is 10.2 Å². The first-order valence-electron chi connectivity index (χ1n) is 7.54. The molecule has 3 aromatic rings. The van der Waals surface area contributed by atoms with Crippen molar-refractivity contribution in [3.05, 3.63) is 58.0 Å². The Labute approximate surface area is 163 Å². The van der Waals surface area contributed by atoms with E-state index in [0.29, 0.717) is 16.1 Å². The van der Waals surface area contributed by atoms with Crippen molar-refractivity contribution >= 4 is 35.4 Å². The molecule has 0 aliphatic rings. The molecule has 0 saturated heterocycles. The minimum atomic E-state index is -1.19. The number of nitrogens with zero attached hydrogens (tertiary/aromatic N) is 2. The highest BCUT2D eigenvalue weighted by atomic mass is 35.5. The highest BCUT2D eigenvalue weighted by Gasteiger charge is 2.17. The van der Waals surface area contributed by atoms with Gasteiger partial charge in [-0.15, -0.1) is 10.2 Å². The van der Waals surface area contributed by atoms with Gasteiger partial charge in [-0.05, 0) is 41.6 Å². The molecule has 3 rings (SSSR count). The molecular formula is C18H12ClN2O5S-. The number of aromatic nitrogens is 2. The fourth-order valence-electron chi connectivity index (χ4n) is 2.16. The van der Waals surface area contributed by atoms with Crippen molar-refractivity contribution in [1.29, 1.82) is 0 Å². The second-order valence-electron chi connectivity index (χ2n) is 5.18. The van der Waals surface area contributed by atoms with E-state index in [4.69, 9.17) is 20.8 Å². The van der Waals surface area contributed by atoms with Gasteiger partial charge in [-0.3, -0.25) is 0 Å². The summed E-state index contributed by atoms with van der Waals surface area (Å²) in [6.45, 7) is 0.